The first kappa shape index (κ1) is 47.6. The summed E-state index contributed by atoms with van der Waals surface area (Å²) in [6, 6.07) is -0.977. The highest BCUT2D eigenvalue weighted by atomic mass is 16.8. The number of aliphatic hydroxyl groups excluding tert-OH is 11. The molecular formula is C36H63NO18. The zero-order valence-electron chi connectivity index (χ0n) is 31.4. The minimum absolute atomic E-state index is 0.185. The maximum atomic E-state index is 12.5. The Labute approximate surface area is 320 Å². The van der Waals surface area contributed by atoms with Crippen molar-refractivity contribution in [1.82, 2.24) is 5.32 Å². The van der Waals surface area contributed by atoms with Crippen molar-refractivity contribution in [3.63, 3.8) is 0 Å². The molecule has 19 heteroatoms. The Balaban J connectivity index is 1.62. The van der Waals surface area contributed by atoms with Gasteiger partial charge < -0.3 is 89.9 Å². The molecule has 0 aromatic heterocycles. The van der Waals surface area contributed by atoms with Crippen molar-refractivity contribution in [2.75, 3.05) is 26.4 Å². The van der Waals surface area contributed by atoms with Crippen LogP contribution in [0.2, 0.25) is 0 Å². The Morgan fingerprint density at radius 2 is 1.15 bits per heavy atom. The van der Waals surface area contributed by atoms with Crippen molar-refractivity contribution in [1.29, 1.82) is 0 Å². The van der Waals surface area contributed by atoms with Gasteiger partial charge in [-0.15, -0.1) is 0 Å². The molecule has 0 aliphatic carbocycles. The highest BCUT2D eigenvalue weighted by Gasteiger charge is 2.53. The minimum Gasteiger partial charge on any atom is -0.394 e. The SMILES string of the molecule is CCCCC/C=C/CC/C=C/C(O)C(COC1OC(CO)C(OC2OC(CO)C(OC3OC(CO)C(O)C(O)C3O)C(O)C2O)C(O)C1O)NC(=O)CCC. The molecule has 3 aliphatic heterocycles. The third kappa shape index (κ3) is 13.4. The Morgan fingerprint density at radius 3 is 1.71 bits per heavy atom. The summed E-state index contributed by atoms with van der Waals surface area (Å²) in [5.41, 5.74) is 0. The fraction of sp³-hybridized carbons (Fsp3) is 0.861. The van der Waals surface area contributed by atoms with Crippen LogP contribution in [0.15, 0.2) is 24.3 Å². The Hall–Kier alpha value is -1.73. The van der Waals surface area contributed by atoms with Crippen molar-refractivity contribution < 1.29 is 89.4 Å². The number of nitrogens with one attached hydrogen (secondary N) is 1. The lowest BCUT2D eigenvalue weighted by atomic mass is 9.96. The maximum absolute atomic E-state index is 12.5. The average Bonchev–Trinajstić information content (AvgIpc) is 3.17. The predicted octanol–water partition coefficient (Wildman–Crippen LogP) is -3.43. The highest BCUT2D eigenvalue weighted by Crippen LogP contribution is 2.32. The van der Waals surface area contributed by atoms with Crippen LogP contribution < -0.4 is 5.32 Å². The summed E-state index contributed by atoms with van der Waals surface area (Å²) in [5, 5.41) is 118. The van der Waals surface area contributed by atoms with E-state index >= 15 is 0 Å². The zero-order valence-corrected chi connectivity index (χ0v) is 31.4. The lowest BCUT2D eigenvalue weighted by Gasteiger charge is -2.48. The van der Waals surface area contributed by atoms with Gasteiger partial charge in [0, 0.05) is 6.42 Å². The third-order valence-corrected chi connectivity index (χ3v) is 9.72. The van der Waals surface area contributed by atoms with Crippen LogP contribution in [0.1, 0.15) is 65.2 Å². The van der Waals surface area contributed by atoms with E-state index < -0.39 is 124 Å². The van der Waals surface area contributed by atoms with E-state index in [0.29, 0.717) is 12.8 Å². The first-order valence-electron chi connectivity index (χ1n) is 19.1. The number of carbonyl (C=O) groups is 1. The summed E-state index contributed by atoms with van der Waals surface area (Å²) < 4.78 is 33.5. The number of hydrogen-bond donors (Lipinski definition) is 12. The molecule has 3 heterocycles. The lowest BCUT2D eigenvalue weighted by molar-refractivity contribution is -0.379. The van der Waals surface area contributed by atoms with E-state index in [1.54, 1.807) is 6.08 Å². The molecule has 0 aromatic rings. The number of unbranched alkanes of at least 4 members (excludes halogenated alkanes) is 4. The van der Waals surface area contributed by atoms with Gasteiger partial charge in [0.15, 0.2) is 18.9 Å². The second kappa shape index (κ2) is 24.3. The molecule has 55 heavy (non-hydrogen) atoms. The summed E-state index contributed by atoms with van der Waals surface area (Å²) in [4.78, 5) is 12.5. The quantitative estimate of drug-likeness (QED) is 0.0375. The Morgan fingerprint density at radius 1 is 0.636 bits per heavy atom. The van der Waals surface area contributed by atoms with Gasteiger partial charge in [0.25, 0.3) is 0 Å². The number of aliphatic hydroxyl groups is 11. The largest absolute Gasteiger partial charge is 0.394 e. The standard InChI is InChI=1S/C36H63NO18/c1-3-5-6-7-8-9-10-11-12-14-20(41)19(37-24(42)13-4-2)18-50-34-30(48)27(45)32(22(16-39)52-34)55-36-31(49)28(46)33(23(17-40)53-36)54-35-29(47)26(44)25(43)21(15-38)51-35/h8-9,12,14,19-23,25-36,38-41,43-49H,3-7,10-11,13,15-18H2,1-2H3,(H,37,42)/b9-8+,14-12+. The molecule has 320 valence electrons. The van der Waals surface area contributed by atoms with Gasteiger partial charge in [0.05, 0.1) is 38.6 Å². The van der Waals surface area contributed by atoms with E-state index in [0.717, 1.165) is 25.7 Å². The average molecular weight is 798 g/mol. The van der Waals surface area contributed by atoms with Crippen molar-refractivity contribution >= 4 is 5.91 Å². The molecule has 19 nitrogen and oxygen atoms in total. The molecule has 3 aliphatic rings. The fourth-order valence-electron chi connectivity index (χ4n) is 6.42. The smallest absolute Gasteiger partial charge is 0.220 e. The topological polar surface area (TPSA) is 307 Å². The summed E-state index contributed by atoms with van der Waals surface area (Å²) >= 11 is 0. The number of amides is 1. The molecule has 0 spiro atoms. The van der Waals surface area contributed by atoms with E-state index in [1.807, 2.05) is 6.92 Å². The predicted molar refractivity (Wildman–Crippen MR) is 189 cm³/mol. The van der Waals surface area contributed by atoms with Crippen LogP contribution in [-0.4, -0.2) is 193 Å². The van der Waals surface area contributed by atoms with Crippen LogP contribution in [0.3, 0.4) is 0 Å². The summed E-state index contributed by atoms with van der Waals surface area (Å²) in [7, 11) is 0. The Kier molecular flexibility index (Phi) is 21.0. The summed E-state index contributed by atoms with van der Waals surface area (Å²) in [6.45, 7) is 1.16. The van der Waals surface area contributed by atoms with Crippen molar-refractivity contribution in [2.24, 2.45) is 0 Å². The molecule has 0 saturated carbocycles. The summed E-state index contributed by atoms with van der Waals surface area (Å²) in [5.74, 6) is -0.347. The van der Waals surface area contributed by atoms with Crippen LogP contribution in [0.4, 0.5) is 0 Å². The van der Waals surface area contributed by atoms with E-state index in [-0.39, 0.29) is 18.9 Å². The monoisotopic (exact) mass is 797 g/mol. The molecular weight excluding hydrogens is 734 g/mol. The fourth-order valence-corrected chi connectivity index (χ4v) is 6.42. The first-order valence-corrected chi connectivity index (χ1v) is 19.1. The summed E-state index contributed by atoms with van der Waals surface area (Å²) in [6.07, 6.45) is -12.7. The number of rotatable bonds is 22. The molecule has 17 atom stereocenters. The van der Waals surface area contributed by atoms with Crippen molar-refractivity contribution in [2.45, 2.75) is 169 Å². The van der Waals surface area contributed by atoms with Crippen molar-refractivity contribution in [3.8, 4) is 0 Å². The second-order valence-corrected chi connectivity index (χ2v) is 14.0. The maximum Gasteiger partial charge on any atom is 0.220 e. The van der Waals surface area contributed by atoms with Gasteiger partial charge in [-0.2, -0.15) is 0 Å². The number of carbonyl (C=O) groups excluding carboxylic acids is 1. The molecule has 3 rings (SSSR count). The molecule has 0 radical (unpaired) electrons. The Bertz CT molecular complexity index is 1140. The molecule has 12 N–H and O–H groups in total. The van der Waals surface area contributed by atoms with E-state index in [2.05, 4.69) is 24.4 Å². The van der Waals surface area contributed by atoms with Gasteiger partial charge in [-0.1, -0.05) is 51.0 Å². The van der Waals surface area contributed by atoms with Crippen LogP contribution >= 0.6 is 0 Å². The number of ether oxygens (including phenoxy) is 6. The van der Waals surface area contributed by atoms with E-state index in [1.165, 1.54) is 12.5 Å². The van der Waals surface area contributed by atoms with Gasteiger partial charge in [-0.05, 0) is 32.1 Å². The number of allylic oxidation sites excluding steroid dienone is 3. The third-order valence-electron chi connectivity index (χ3n) is 9.72. The number of hydrogen-bond acceptors (Lipinski definition) is 18. The van der Waals surface area contributed by atoms with Crippen molar-refractivity contribution in [3.05, 3.63) is 24.3 Å². The van der Waals surface area contributed by atoms with Gasteiger partial charge in [0.2, 0.25) is 5.91 Å². The van der Waals surface area contributed by atoms with E-state index in [4.69, 9.17) is 28.4 Å². The molecule has 3 saturated heterocycles. The van der Waals surface area contributed by atoms with Gasteiger partial charge in [-0.3, -0.25) is 4.79 Å². The minimum atomic E-state index is -1.97. The van der Waals surface area contributed by atoms with E-state index in [9.17, 15) is 61.0 Å². The molecule has 1 amide bonds. The highest BCUT2D eigenvalue weighted by molar-refractivity contribution is 5.76. The molecule has 17 unspecified atom stereocenters. The van der Waals surface area contributed by atoms with Gasteiger partial charge in [-0.25, -0.2) is 0 Å². The van der Waals surface area contributed by atoms with Crippen LogP contribution in [0, 0.1) is 0 Å². The molecule has 0 bridgehead atoms. The van der Waals surface area contributed by atoms with Crippen LogP contribution in [0.25, 0.3) is 0 Å². The molecule has 0 aromatic carbocycles. The second-order valence-electron chi connectivity index (χ2n) is 14.0. The van der Waals surface area contributed by atoms with Crippen LogP contribution in [0.5, 0.6) is 0 Å². The molecule has 3 fully saturated rings. The zero-order chi connectivity index (χ0) is 40.7. The van der Waals surface area contributed by atoms with Gasteiger partial charge in [0.1, 0.15) is 73.2 Å². The lowest BCUT2D eigenvalue weighted by Crippen LogP contribution is -2.66. The first-order chi connectivity index (χ1) is 26.3. The van der Waals surface area contributed by atoms with Crippen LogP contribution in [-0.2, 0) is 33.2 Å². The normalized spacial score (nSPS) is 38.4. The van der Waals surface area contributed by atoms with Gasteiger partial charge >= 0.3 is 0 Å².